The number of ether oxygens (including phenoxy) is 4. The van der Waals surface area contributed by atoms with Gasteiger partial charge in [-0.05, 0) is 137 Å². The molecule has 0 radical (unpaired) electrons. The molecule has 0 saturated heterocycles. The van der Waals surface area contributed by atoms with Crippen molar-refractivity contribution in [1.29, 1.82) is 0 Å². The number of hydrogen-bond donors (Lipinski definition) is 0. The quantitative estimate of drug-likeness (QED) is 0.0785. The van der Waals surface area contributed by atoms with E-state index in [9.17, 15) is 10.1 Å². The van der Waals surface area contributed by atoms with Crippen molar-refractivity contribution in [2.45, 2.75) is 80.1 Å². The van der Waals surface area contributed by atoms with Crippen LogP contribution in [-0.4, -0.2) is 65.7 Å². The van der Waals surface area contributed by atoms with Crippen LogP contribution < -0.4 is 23.8 Å². The monoisotopic (exact) mass is 788 g/mol. The summed E-state index contributed by atoms with van der Waals surface area (Å²) in [7, 11) is 6.62. The summed E-state index contributed by atoms with van der Waals surface area (Å²) < 4.78 is 26.4. The third-order valence-corrected chi connectivity index (χ3v) is 11.4. The second-order valence-electron chi connectivity index (χ2n) is 15.8. The van der Waals surface area contributed by atoms with Gasteiger partial charge in [0.1, 0.15) is 28.5 Å². The van der Waals surface area contributed by atoms with Gasteiger partial charge in [-0.15, -0.1) is 0 Å². The zero-order valence-corrected chi connectivity index (χ0v) is 35.6. The average Bonchev–Trinajstić information content (AvgIpc) is 4.13. The number of anilines is 1. The smallest absolute Gasteiger partial charge is 0.321 e. The van der Waals surface area contributed by atoms with Gasteiger partial charge in [-0.25, -0.2) is 9.03 Å². The van der Waals surface area contributed by atoms with Crippen LogP contribution in [0.15, 0.2) is 48.5 Å². The number of fused-ring (bicyclic) bond motifs is 2. The van der Waals surface area contributed by atoms with Crippen molar-refractivity contribution in [1.82, 2.24) is 19.2 Å². The molecule has 2 aromatic carbocycles. The van der Waals surface area contributed by atoms with Crippen molar-refractivity contribution < 1.29 is 23.9 Å². The number of benzene rings is 2. The Bertz CT molecular complexity index is 2480. The summed E-state index contributed by atoms with van der Waals surface area (Å²) in [5, 5.41) is 21.4. The topological polar surface area (TPSA) is 118 Å². The van der Waals surface area contributed by atoms with Crippen molar-refractivity contribution in [3.05, 3.63) is 92.3 Å². The molecule has 0 bridgehead atoms. The van der Waals surface area contributed by atoms with Crippen LogP contribution in [0.5, 0.6) is 23.0 Å². The molecular formula is C46H56N6O6. The number of aromatic nitrogens is 4. The molecule has 0 unspecified atom stereocenters. The Morgan fingerprint density at radius 1 is 0.655 bits per heavy atom. The minimum absolute atomic E-state index is 0.0186. The fourth-order valence-electron chi connectivity index (χ4n) is 8.33. The highest BCUT2D eigenvalue weighted by atomic mass is 16.6. The minimum atomic E-state index is -0.396. The predicted octanol–water partition coefficient (Wildman–Crippen LogP) is 9.93. The van der Waals surface area contributed by atoms with Crippen LogP contribution in [0.25, 0.3) is 33.5 Å². The summed E-state index contributed by atoms with van der Waals surface area (Å²) in [5.74, 6) is 4.53. The number of nitro groups is 1. The number of methoxy groups -OCH3 is 4. The average molecular weight is 789 g/mol. The molecule has 0 amide bonds. The minimum Gasteiger partial charge on any atom is -0.496 e. The molecule has 2 saturated carbocycles. The molecule has 0 spiro atoms. The summed E-state index contributed by atoms with van der Waals surface area (Å²) in [6.07, 6.45) is 6.75. The van der Waals surface area contributed by atoms with Gasteiger partial charge in [0, 0.05) is 24.2 Å². The third kappa shape index (κ3) is 7.64. The van der Waals surface area contributed by atoms with E-state index in [-0.39, 0.29) is 5.69 Å². The maximum Gasteiger partial charge on any atom is 0.321 e. The Labute approximate surface area is 340 Å². The predicted molar refractivity (Wildman–Crippen MR) is 229 cm³/mol. The molecule has 6 aromatic rings. The van der Waals surface area contributed by atoms with Gasteiger partial charge in [-0.2, -0.15) is 10.2 Å². The van der Waals surface area contributed by atoms with E-state index in [1.807, 2.05) is 39.0 Å². The zero-order valence-electron chi connectivity index (χ0n) is 35.6. The second kappa shape index (κ2) is 16.6. The lowest BCUT2D eigenvalue weighted by atomic mass is 10.0. The third-order valence-electron chi connectivity index (χ3n) is 11.4. The first kappa shape index (κ1) is 40.4. The molecule has 12 heteroatoms. The van der Waals surface area contributed by atoms with Gasteiger partial charge in [-0.3, -0.25) is 10.1 Å². The Morgan fingerprint density at radius 2 is 1.09 bits per heavy atom. The summed E-state index contributed by atoms with van der Waals surface area (Å²) >= 11 is 0. The largest absolute Gasteiger partial charge is 0.496 e. The number of hydrogen-bond acceptors (Lipinski definition) is 9. The lowest BCUT2D eigenvalue weighted by Gasteiger charge is -2.25. The highest BCUT2D eigenvalue weighted by Gasteiger charge is 2.33. The van der Waals surface area contributed by atoms with Gasteiger partial charge in [0.15, 0.2) is 11.3 Å². The lowest BCUT2D eigenvalue weighted by Crippen LogP contribution is -2.28. The highest BCUT2D eigenvalue weighted by Crippen LogP contribution is 2.44. The fourth-order valence-corrected chi connectivity index (χ4v) is 8.33. The van der Waals surface area contributed by atoms with Crippen LogP contribution in [0.2, 0.25) is 0 Å². The first-order valence-corrected chi connectivity index (χ1v) is 20.3. The highest BCUT2D eigenvalue weighted by molar-refractivity contribution is 5.86. The van der Waals surface area contributed by atoms with Gasteiger partial charge < -0.3 is 23.8 Å². The molecule has 4 heterocycles. The molecule has 0 aliphatic heterocycles. The van der Waals surface area contributed by atoms with E-state index in [0.717, 1.165) is 87.7 Å². The SMILES string of the molecule is CCc1nn2c(-c3c(C)cc(C)cc3OC)ccc(OC)c2c1N(CC1CC1)CC1CC1.CCc1nn2c(-c3c(C)cc(C)cc3OC)ccc(OC)c2c1[N+](=O)[O-]. The first-order valence-electron chi connectivity index (χ1n) is 20.3. The normalized spacial score (nSPS) is 13.7. The molecule has 58 heavy (non-hydrogen) atoms. The van der Waals surface area contributed by atoms with Gasteiger partial charge in [0.25, 0.3) is 0 Å². The van der Waals surface area contributed by atoms with Crippen molar-refractivity contribution >= 4 is 22.4 Å². The molecule has 2 aliphatic rings. The summed E-state index contributed by atoms with van der Waals surface area (Å²) in [5.41, 5.74) is 12.5. The van der Waals surface area contributed by atoms with Gasteiger partial charge >= 0.3 is 5.69 Å². The van der Waals surface area contributed by atoms with E-state index < -0.39 is 4.92 Å². The summed E-state index contributed by atoms with van der Waals surface area (Å²) in [6.45, 7) is 14.6. The molecule has 0 N–H and O–H groups in total. The van der Waals surface area contributed by atoms with E-state index >= 15 is 0 Å². The van der Waals surface area contributed by atoms with Crippen molar-refractivity contribution in [2.75, 3.05) is 46.4 Å². The fraction of sp³-hybridized carbons (Fsp3) is 0.435. The van der Waals surface area contributed by atoms with E-state index in [2.05, 4.69) is 59.6 Å². The van der Waals surface area contributed by atoms with Crippen LogP contribution >= 0.6 is 0 Å². The standard InChI is InChI=1S/C27H35N3O2.C19H21N3O4/c1-6-21-26(29(15-19-7-8-19)16-20-9-10-20)27-23(31-4)12-11-22(30(27)28-21)25-18(3)13-17(2)14-24(25)32-5;1-6-13-18(22(23)24)19-15(25-4)8-7-14(21(19)20-13)17-12(3)9-11(2)10-16(17)26-5/h11-14,19-20H,6-10,15-16H2,1-5H3;7-10H,6H2,1-5H3. The van der Waals surface area contributed by atoms with Gasteiger partial charge in [0.2, 0.25) is 0 Å². The maximum atomic E-state index is 11.7. The van der Waals surface area contributed by atoms with Crippen molar-refractivity contribution in [2.24, 2.45) is 11.8 Å². The second-order valence-corrected chi connectivity index (χ2v) is 15.8. The first-order chi connectivity index (χ1) is 28.0. The van der Waals surface area contributed by atoms with Crippen LogP contribution in [0.3, 0.4) is 0 Å². The Morgan fingerprint density at radius 3 is 1.50 bits per heavy atom. The molecule has 4 aromatic heterocycles. The van der Waals surface area contributed by atoms with Crippen LogP contribution in [0.4, 0.5) is 11.4 Å². The number of pyridine rings is 2. The number of nitrogens with zero attached hydrogens (tertiary/aromatic N) is 6. The Kier molecular flexibility index (Phi) is 11.6. The molecule has 2 fully saturated rings. The van der Waals surface area contributed by atoms with Crippen LogP contribution in [-0.2, 0) is 12.8 Å². The summed E-state index contributed by atoms with van der Waals surface area (Å²) in [6, 6.07) is 16.1. The van der Waals surface area contributed by atoms with E-state index in [0.29, 0.717) is 29.1 Å². The van der Waals surface area contributed by atoms with Crippen molar-refractivity contribution in [3.8, 4) is 45.5 Å². The Balaban J connectivity index is 0.000000181. The molecule has 0 atom stereocenters. The van der Waals surface area contributed by atoms with Crippen LogP contribution in [0.1, 0.15) is 73.2 Å². The van der Waals surface area contributed by atoms with Crippen molar-refractivity contribution in [3.63, 3.8) is 0 Å². The summed E-state index contributed by atoms with van der Waals surface area (Å²) in [4.78, 5) is 13.9. The lowest BCUT2D eigenvalue weighted by molar-refractivity contribution is -0.383. The van der Waals surface area contributed by atoms with E-state index in [1.54, 1.807) is 31.9 Å². The zero-order chi connectivity index (χ0) is 41.4. The van der Waals surface area contributed by atoms with E-state index in [4.69, 9.17) is 24.0 Å². The maximum absolute atomic E-state index is 11.7. The van der Waals surface area contributed by atoms with Gasteiger partial charge in [0.05, 0.1) is 56.1 Å². The number of aryl methyl sites for hydroxylation is 6. The molecule has 306 valence electrons. The molecule has 2 aliphatic carbocycles. The Hall–Kier alpha value is -5.78. The number of rotatable bonds is 14. The van der Waals surface area contributed by atoms with Gasteiger partial charge in [-0.1, -0.05) is 26.0 Å². The molecular weight excluding hydrogens is 733 g/mol. The van der Waals surface area contributed by atoms with Crippen LogP contribution in [0, 0.1) is 49.6 Å². The van der Waals surface area contributed by atoms with E-state index in [1.165, 1.54) is 49.6 Å². The molecule has 8 rings (SSSR count). The molecule has 12 nitrogen and oxygen atoms in total.